The molecule has 1 aromatic heterocycles. The van der Waals surface area contributed by atoms with Crippen molar-refractivity contribution in [3.8, 4) is 0 Å². The van der Waals surface area contributed by atoms with Crippen LogP contribution in [0.15, 0.2) is 60.9 Å². The van der Waals surface area contributed by atoms with E-state index in [9.17, 15) is 4.79 Å². The van der Waals surface area contributed by atoms with Crippen molar-refractivity contribution in [3.63, 3.8) is 0 Å². The van der Waals surface area contributed by atoms with E-state index in [0.717, 1.165) is 12.1 Å². The van der Waals surface area contributed by atoms with Gasteiger partial charge in [0.2, 0.25) is 0 Å². The van der Waals surface area contributed by atoms with Crippen LogP contribution in [0.4, 0.5) is 0 Å². The van der Waals surface area contributed by atoms with E-state index in [4.69, 9.17) is 0 Å². The molecule has 4 rings (SSSR count). The minimum Gasteiger partial charge on any atom is -0.335 e. The molecule has 2 heterocycles. The zero-order chi connectivity index (χ0) is 17.8. The lowest BCUT2D eigenvalue weighted by molar-refractivity contribution is 0.0703. The van der Waals surface area contributed by atoms with Gasteiger partial charge in [-0.3, -0.25) is 4.79 Å². The van der Waals surface area contributed by atoms with Crippen LogP contribution in [0.2, 0.25) is 0 Å². The fourth-order valence-electron chi connectivity index (χ4n) is 3.22. The molecule has 0 spiro atoms. The zero-order valence-corrected chi connectivity index (χ0v) is 15.5. The van der Waals surface area contributed by atoms with Gasteiger partial charge in [-0.25, -0.2) is 4.68 Å². The van der Waals surface area contributed by atoms with Gasteiger partial charge in [0.25, 0.3) is 5.91 Å². The third-order valence-electron chi connectivity index (χ3n) is 4.60. The second kappa shape index (κ2) is 8.75. The quantitative estimate of drug-likeness (QED) is 0.743. The van der Waals surface area contributed by atoms with E-state index < -0.39 is 0 Å². The molecule has 0 bridgehead atoms. The van der Waals surface area contributed by atoms with E-state index in [1.807, 2.05) is 47.4 Å². The van der Waals surface area contributed by atoms with Gasteiger partial charge >= 0.3 is 0 Å². The molecule has 1 unspecified atom stereocenters. The molecule has 1 atom stereocenters. The molecule has 8 heteroatoms. The second-order valence-electron chi connectivity index (χ2n) is 6.37. The van der Waals surface area contributed by atoms with Crippen LogP contribution < -0.4 is 5.32 Å². The lowest BCUT2D eigenvalue weighted by Gasteiger charge is -2.34. The maximum Gasteiger partial charge on any atom is 0.253 e. The Kier molecular flexibility index (Phi) is 6.16. The summed E-state index contributed by atoms with van der Waals surface area (Å²) < 4.78 is 1.65. The lowest BCUT2D eigenvalue weighted by Crippen LogP contribution is -2.48. The molecule has 2 aromatic carbocycles. The predicted octanol–water partition coefficient (Wildman–Crippen LogP) is 1.93. The van der Waals surface area contributed by atoms with Crippen LogP contribution >= 0.6 is 12.4 Å². The van der Waals surface area contributed by atoms with Gasteiger partial charge in [-0.15, -0.1) is 17.5 Å². The first-order valence-electron chi connectivity index (χ1n) is 8.67. The number of carbonyl (C=O) groups excluding carboxylic acids is 1. The Morgan fingerprint density at radius 2 is 1.89 bits per heavy atom. The summed E-state index contributed by atoms with van der Waals surface area (Å²) >= 11 is 0. The molecule has 1 saturated heterocycles. The summed E-state index contributed by atoms with van der Waals surface area (Å²) in [7, 11) is 0. The van der Waals surface area contributed by atoms with Crippen molar-refractivity contribution in [3.05, 3.63) is 77.6 Å². The van der Waals surface area contributed by atoms with Crippen molar-refractivity contribution in [2.24, 2.45) is 0 Å². The SMILES string of the molecule is Cl.O=C(c1ccc(Cn2cnnn2)cc1)N1CCNC(c2ccccc2)C1. The van der Waals surface area contributed by atoms with Gasteiger partial charge in [0.05, 0.1) is 6.54 Å². The molecule has 7 nitrogen and oxygen atoms in total. The highest BCUT2D eigenvalue weighted by Crippen LogP contribution is 2.19. The van der Waals surface area contributed by atoms with E-state index in [1.54, 1.807) is 11.0 Å². The molecular weight excluding hydrogens is 364 g/mol. The number of nitrogens with one attached hydrogen (secondary N) is 1. The van der Waals surface area contributed by atoms with Gasteiger partial charge in [0.1, 0.15) is 6.33 Å². The Morgan fingerprint density at radius 1 is 1.11 bits per heavy atom. The van der Waals surface area contributed by atoms with Gasteiger partial charge in [-0.1, -0.05) is 42.5 Å². The third-order valence-corrected chi connectivity index (χ3v) is 4.60. The fourth-order valence-corrected chi connectivity index (χ4v) is 3.22. The number of piperazine rings is 1. The maximum absolute atomic E-state index is 12.9. The van der Waals surface area contributed by atoms with Crippen molar-refractivity contribution in [1.82, 2.24) is 30.4 Å². The molecule has 0 aliphatic carbocycles. The molecule has 0 radical (unpaired) electrons. The highest BCUT2D eigenvalue weighted by molar-refractivity contribution is 5.94. The first-order chi connectivity index (χ1) is 12.8. The summed E-state index contributed by atoms with van der Waals surface area (Å²) in [4.78, 5) is 14.8. The van der Waals surface area contributed by atoms with Crippen molar-refractivity contribution >= 4 is 18.3 Å². The predicted molar refractivity (Wildman–Crippen MR) is 104 cm³/mol. The summed E-state index contributed by atoms with van der Waals surface area (Å²) in [6.45, 7) is 2.78. The van der Waals surface area contributed by atoms with Gasteiger partial charge in [-0.05, 0) is 33.7 Å². The molecule has 140 valence electrons. The first-order valence-corrected chi connectivity index (χ1v) is 8.67. The molecule has 1 aliphatic rings. The smallest absolute Gasteiger partial charge is 0.253 e. The number of carbonyl (C=O) groups is 1. The summed E-state index contributed by atoms with van der Waals surface area (Å²) in [6.07, 6.45) is 1.57. The highest BCUT2D eigenvalue weighted by atomic mass is 35.5. The number of tetrazole rings is 1. The minimum atomic E-state index is 0. The van der Waals surface area contributed by atoms with Crippen LogP contribution in [-0.2, 0) is 6.54 Å². The second-order valence-corrected chi connectivity index (χ2v) is 6.37. The Bertz CT molecular complexity index is 854. The Hall–Kier alpha value is -2.77. The zero-order valence-electron chi connectivity index (χ0n) is 14.7. The van der Waals surface area contributed by atoms with Crippen LogP contribution in [0.5, 0.6) is 0 Å². The topological polar surface area (TPSA) is 75.9 Å². The number of nitrogens with zero attached hydrogens (tertiary/aromatic N) is 5. The van der Waals surface area contributed by atoms with E-state index in [-0.39, 0.29) is 24.4 Å². The number of rotatable bonds is 4. The maximum atomic E-state index is 12.9. The van der Waals surface area contributed by atoms with Gasteiger partial charge < -0.3 is 10.2 Å². The minimum absolute atomic E-state index is 0. The van der Waals surface area contributed by atoms with Gasteiger partial charge in [0, 0.05) is 31.2 Å². The number of amides is 1. The summed E-state index contributed by atoms with van der Waals surface area (Å²) in [5.41, 5.74) is 2.97. The van der Waals surface area contributed by atoms with Crippen LogP contribution in [0.3, 0.4) is 0 Å². The van der Waals surface area contributed by atoms with Crippen molar-refractivity contribution < 1.29 is 4.79 Å². The number of hydrogen-bond donors (Lipinski definition) is 1. The van der Waals surface area contributed by atoms with Gasteiger partial charge in [0.15, 0.2) is 0 Å². The normalized spacial score (nSPS) is 16.6. The van der Waals surface area contributed by atoms with Crippen molar-refractivity contribution in [2.45, 2.75) is 12.6 Å². The standard InChI is InChI=1S/C19H20N6O.ClH/c26-19(17-8-6-15(7-9-17)12-25-14-21-22-23-25)24-11-10-20-18(13-24)16-4-2-1-3-5-16;/h1-9,14,18,20H,10-13H2;1H. The molecule has 1 fully saturated rings. The van der Waals surface area contributed by atoms with Crippen LogP contribution in [-0.4, -0.2) is 50.6 Å². The summed E-state index contributed by atoms with van der Waals surface area (Å²) in [5.74, 6) is 0.0707. The molecule has 0 saturated carbocycles. The van der Waals surface area contributed by atoms with Crippen LogP contribution in [0, 0.1) is 0 Å². The summed E-state index contributed by atoms with van der Waals surface area (Å²) in [5, 5.41) is 14.6. The van der Waals surface area contributed by atoms with E-state index in [1.165, 1.54) is 5.56 Å². The largest absolute Gasteiger partial charge is 0.335 e. The lowest BCUT2D eigenvalue weighted by atomic mass is 10.0. The molecule has 27 heavy (non-hydrogen) atoms. The van der Waals surface area contributed by atoms with Crippen molar-refractivity contribution in [2.75, 3.05) is 19.6 Å². The van der Waals surface area contributed by atoms with E-state index in [0.29, 0.717) is 25.2 Å². The monoisotopic (exact) mass is 384 g/mol. The average Bonchev–Trinajstić information content (AvgIpc) is 3.22. The number of hydrogen-bond acceptors (Lipinski definition) is 5. The number of benzene rings is 2. The van der Waals surface area contributed by atoms with Gasteiger partial charge in [-0.2, -0.15) is 0 Å². The molecule has 1 aliphatic heterocycles. The highest BCUT2D eigenvalue weighted by Gasteiger charge is 2.24. The Balaban J connectivity index is 0.00000210. The fraction of sp³-hybridized carbons (Fsp3) is 0.263. The Labute approximate surface area is 163 Å². The van der Waals surface area contributed by atoms with Crippen molar-refractivity contribution in [1.29, 1.82) is 0 Å². The Morgan fingerprint density at radius 3 is 2.59 bits per heavy atom. The molecular formula is C19H21ClN6O. The number of aromatic nitrogens is 4. The van der Waals surface area contributed by atoms with E-state index in [2.05, 4.69) is 33.0 Å². The molecule has 1 amide bonds. The molecule has 3 aromatic rings. The molecule has 1 N–H and O–H groups in total. The van der Waals surface area contributed by atoms with Crippen LogP contribution in [0.25, 0.3) is 0 Å². The first kappa shape index (κ1) is 19.0. The average molecular weight is 385 g/mol. The van der Waals surface area contributed by atoms with Crippen LogP contribution in [0.1, 0.15) is 27.5 Å². The number of halogens is 1. The summed E-state index contributed by atoms with van der Waals surface area (Å²) in [6, 6.07) is 18.1. The third kappa shape index (κ3) is 4.50. The van der Waals surface area contributed by atoms with E-state index >= 15 is 0 Å².